The molecule has 8 nitrogen and oxygen atoms in total. The van der Waals surface area contributed by atoms with Gasteiger partial charge in [0, 0.05) is 57.5 Å². The smallest absolute Gasteiger partial charge is 0.306 e. The lowest BCUT2D eigenvalue weighted by atomic mass is 10.1. The maximum atomic E-state index is 12.6. The third-order valence-electron chi connectivity index (χ3n) is 6.47. The van der Waals surface area contributed by atoms with Crippen LogP contribution in [0, 0.1) is 0 Å². The monoisotopic (exact) mass is 484 g/mol. The quantitative estimate of drug-likeness (QED) is 0.221. The summed E-state index contributed by atoms with van der Waals surface area (Å²) in [5, 5.41) is 20.2. The lowest BCUT2D eigenvalue weighted by Crippen LogP contribution is -2.49. The van der Waals surface area contributed by atoms with E-state index < -0.39 is 6.10 Å². The molecule has 1 aliphatic heterocycles. The molecule has 2 aromatic rings. The molecule has 0 bridgehead atoms. The van der Waals surface area contributed by atoms with Crippen molar-refractivity contribution in [3.8, 4) is 11.8 Å². The zero-order valence-corrected chi connectivity index (χ0v) is 20.7. The van der Waals surface area contributed by atoms with E-state index in [0.717, 1.165) is 57.7 Å². The summed E-state index contributed by atoms with van der Waals surface area (Å²) >= 11 is 0. The molecular formula is C27H40N4O4. The first-order chi connectivity index (χ1) is 17.1. The first-order valence-electron chi connectivity index (χ1n) is 12.8. The molecule has 1 fully saturated rings. The number of carbonyl (C=O) groups excluding carboxylic acids is 1. The number of pyridine rings is 1. The molecule has 3 rings (SSSR count). The Kier molecular flexibility index (Phi) is 11.0. The number of anilines is 1. The highest BCUT2D eigenvalue weighted by Crippen LogP contribution is 2.23. The van der Waals surface area contributed by atoms with Crippen molar-refractivity contribution < 1.29 is 19.7 Å². The van der Waals surface area contributed by atoms with Gasteiger partial charge in [-0.15, -0.1) is 6.58 Å². The molecule has 192 valence electrons. The minimum absolute atomic E-state index is 0.0417. The van der Waals surface area contributed by atoms with Crippen molar-refractivity contribution in [1.29, 1.82) is 0 Å². The third kappa shape index (κ3) is 8.94. The number of allylic oxidation sites excluding steroid dienone is 1. The zero-order chi connectivity index (χ0) is 24.9. The molecule has 0 spiro atoms. The molecule has 35 heavy (non-hydrogen) atoms. The first-order valence-corrected chi connectivity index (χ1v) is 12.8. The summed E-state index contributed by atoms with van der Waals surface area (Å²) in [6.45, 7) is 7.82. The van der Waals surface area contributed by atoms with Gasteiger partial charge < -0.3 is 19.8 Å². The Bertz CT molecular complexity index is 874. The second-order valence-electron chi connectivity index (χ2n) is 9.20. The van der Waals surface area contributed by atoms with Crippen molar-refractivity contribution in [2.45, 2.75) is 64.0 Å². The van der Waals surface area contributed by atoms with E-state index in [1.54, 1.807) is 6.20 Å². The zero-order valence-electron chi connectivity index (χ0n) is 20.7. The molecule has 1 saturated heterocycles. The van der Waals surface area contributed by atoms with Crippen LogP contribution < -0.4 is 4.90 Å². The highest BCUT2D eigenvalue weighted by atomic mass is 16.5. The van der Waals surface area contributed by atoms with Gasteiger partial charge in [-0.05, 0) is 31.4 Å². The van der Waals surface area contributed by atoms with Crippen molar-refractivity contribution in [1.82, 2.24) is 14.5 Å². The SMILES string of the molecule is C=CCCCCCCCCC(=O)OC(CN1CCN(c2ccccn2)CC1)Cn1c(O)ccc1O. The van der Waals surface area contributed by atoms with Gasteiger partial charge in [-0.3, -0.25) is 14.3 Å². The summed E-state index contributed by atoms with van der Waals surface area (Å²) < 4.78 is 7.23. The Morgan fingerprint density at radius 3 is 2.31 bits per heavy atom. The van der Waals surface area contributed by atoms with Gasteiger partial charge in [0.25, 0.3) is 0 Å². The van der Waals surface area contributed by atoms with E-state index in [2.05, 4.69) is 21.4 Å². The number of piperazine rings is 1. The van der Waals surface area contributed by atoms with Crippen LogP contribution in [0.4, 0.5) is 5.82 Å². The van der Waals surface area contributed by atoms with Crippen LogP contribution in [0.5, 0.6) is 11.8 Å². The molecule has 1 aliphatic rings. The van der Waals surface area contributed by atoms with E-state index in [1.165, 1.54) is 36.0 Å². The minimum atomic E-state index is -0.466. The first kappa shape index (κ1) is 26.6. The van der Waals surface area contributed by atoms with Crippen molar-refractivity contribution in [2.75, 3.05) is 37.6 Å². The Morgan fingerprint density at radius 2 is 1.66 bits per heavy atom. The highest BCUT2D eigenvalue weighted by Gasteiger charge is 2.24. The van der Waals surface area contributed by atoms with Crippen LogP contribution >= 0.6 is 0 Å². The minimum Gasteiger partial charge on any atom is -0.494 e. The Labute approximate surface area is 208 Å². The van der Waals surface area contributed by atoms with E-state index in [4.69, 9.17) is 4.74 Å². The number of unbranched alkanes of at least 4 members (excludes halogenated alkanes) is 6. The lowest BCUT2D eigenvalue weighted by molar-refractivity contribution is -0.151. The molecule has 0 amide bonds. The predicted octanol–water partition coefficient (Wildman–Crippen LogP) is 4.34. The van der Waals surface area contributed by atoms with E-state index in [9.17, 15) is 15.0 Å². The second-order valence-corrected chi connectivity index (χ2v) is 9.20. The Morgan fingerprint density at radius 1 is 0.971 bits per heavy atom. The number of aromatic hydroxyl groups is 2. The van der Waals surface area contributed by atoms with Gasteiger partial charge >= 0.3 is 5.97 Å². The van der Waals surface area contributed by atoms with Crippen LogP contribution in [0.1, 0.15) is 51.4 Å². The summed E-state index contributed by atoms with van der Waals surface area (Å²) in [4.78, 5) is 21.5. The van der Waals surface area contributed by atoms with Crippen LogP contribution in [-0.2, 0) is 16.1 Å². The van der Waals surface area contributed by atoms with Gasteiger partial charge in [-0.25, -0.2) is 4.98 Å². The maximum Gasteiger partial charge on any atom is 0.306 e. The standard InChI is InChI=1S/C27H40N4O4/c1-2-3-4-5-6-7-8-9-13-27(34)35-23(22-31-25(32)14-15-26(31)33)21-29-17-19-30(20-18-29)24-12-10-11-16-28-24/h2,10-12,14-16,23,32-33H,1,3-9,13,17-22H2. The lowest BCUT2D eigenvalue weighted by Gasteiger charge is -2.36. The van der Waals surface area contributed by atoms with E-state index in [1.807, 2.05) is 24.3 Å². The number of rotatable bonds is 15. The van der Waals surface area contributed by atoms with E-state index in [0.29, 0.717) is 13.0 Å². The molecule has 1 unspecified atom stereocenters. The van der Waals surface area contributed by atoms with Crippen LogP contribution in [-0.4, -0.2) is 69.5 Å². The number of hydrogen-bond donors (Lipinski definition) is 2. The average Bonchev–Trinajstić information content (AvgIpc) is 3.18. The molecule has 0 aromatic carbocycles. The number of hydrogen-bond acceptors (Lipinski definition) is 7. The molecule has 8 heteroatoms. The molecule has 0 radical (unpaired) electrons. The van der Waals surface area contributed by atoms with Gasteiger partial charge in [0.1, 0.15) is 11.9 Å². The van der Waals surface area contributed by atoms with Crippen LogP contribution in [0.15, 0.2) is 49.2 Å². The van der Waals surface area contributed by atoms with Gasteiger partial charge in [-0.2, -0.15) is 0 Å². The third-order valence-corrected chi connectivity index (χ3v) is 6.47. The van der Waals surface area contributed by atoms with Crippen molar-refractivity contribution >= 4 is 11.8 Å². The Hall–Kier alpha value is -3.00. The van der Waals surface area contributed by atoms with Crippen molar-refractivity contribution in [3.63, 3.8) is 0 Å². The normalized spacial score (nSPS) is 15.1. The fourth-order valence-corrected chi connectivity index (χ4v) is 4.47. The highest BCUT2D eigenvalue weighted by molar-refractivity contribution is 5.69. The number of aromatic nitrogens is 2. The summed E-state index contributed by atoms with van der Waals surface area (Å²) in [6, 6.07) is 8.79. The van der Waals surface area contributed by atoms with E-state index in [-0.39, 0.29) is 24.3 Å². The van der Waals surface area contributed by atoms with Gasteiger partial charge in [0.05, 0.1) is 6.54 Å². The summed E-state index contributed by atoms with van der Waals surface area (Å²) in [5.41, 5.74) is 0. The molecule has 0 aliphatic carbocycles. The number of carbonyl (C=O) groups is 1. The topological polar surface area (TPSA) is 91.1 Å². The number of nitrogens with zero attached hydrogens (tertiary/aromatic N) is 4. The summed E-state index contributed by atoms with van der Waals surface area (Å²) in [7, 11) is 0. The fourth-order valence-electron chi connectivity index (χ4n) is 4.47. The number of esters is 1. The summed E-state index contributed by atoms with van der Waals surface area (Å²) in [6.07, 6.45) is 11.3. The molecule has 1 atom stereocenters. The van der Waals surface area contributed by atoms with Gasteiger partial charge in [0.15, 0.2) is 11.8 Å². The van der Waals surface area contributed by atoms with Gasteiger partial charge in [0.2, 0.25) is 0 Å². The van der Waals surface area contributed by atoms with Crippen LogP contribution in [0.3, 0.4) is 0 Å². The second kappa shape index (κ2) is 14.4. The molecular weight excluding hydrogens is 444 g/mol. The van der Waals surface area contributed by atoms with Crippen LogP contribution in [0.25, 0.3) is 0 Å². The number of ether oxygens (including phenoxy) is 1. The largest absolute Gasteiger partial charge is 0.494 e. The molecule has 2 aromatic heterocycles. The fraction of sp³-hybridized carbons (Fsp3) is 0.556. The summed E-state index contributed by atoms with van der Waals surface area (Å²) in [5.74, 6) is 0.665. The van der Waals surface area contributed by atoms with Crippen molar-refractivity contribution in [2.24, 2.45) is 0 Å². The molecule has 3 heterocycles. The van der Waals surface area contributed by atoms with Gasteiger partial charge in [-0.1, -0.05) is 37.8 Å². The Balaban J connectivity index is 1.47. The average molecular weight is 485 g/mol. The maximum absolute atomic E-state index is 12.6. The molecule has 0 saturated carbocycles. The molecule has 2 N–H and O–H groups in total. The predicted molar refractivity (Wildman–Crippen MR) is 138 cm³/mol. The van der Waals surface area contributed by atoms with Crippen molar-refractivity contribution in [3.05, 3.63) is 49.2 Å². The van der Waals surface area contributed by atoms with Crippen LogP contribution in [0.2, 0.25) is 0 Å². The van der Waals surface area contributed by atoms with E-state index >= 15 is 0 Å².